The minimum absolute atomic E-state index is 0.451. The summed E-state index contributed by atoms with van der Waals surface area (Å²) in [5.41, 5.74) is 4.02. The average Bonchev–Trinajstić information content (AvgIpc) is 2.39. The molecule has 0 fully saturated rings. The maximum atomic E-state index is 5.82. The van der Waals surface area contributed by atoms with Crippen molar-refractivity contribution in [2.45, 2.75) is 39.0 Å². The van der Waals surface area contributed by atoms with Gasteiger partial charge in [-0.2, -0.15) is 0 Å². The fourth-order valence-corrected chi connectivity index (χ4v) is 2.34. The fraction of sp³-hybridized carbons (Fsp3) is 0.353. The summed E-state index contributed by atoms with van der Waals surface area (Å²) >= 11 is 5.82. The molecule has 0 saturated heterocycles. The molecular weight excluding hydrogens is 254 g/mol. The van der Waals surface area contributed by atoms with Crippen LogP contribution < -0.4 is 0 Å². The Kier molecular flexibility index (Phi) is 4.60. The van der Waals surface area contributed by atoms with Crippen molar-refractivity contribution in [3.05, 3.63) is 64.4 Å². The highest BCUT2D eigenvalue weighted by Gasteiger charge is 2.08. The average molecular weight is 274 g/mol. The number of pyridine rings is 1. The molecule has 100 valence electrons. The van der Waals surface area contributed by atoms with Gasteiger partial charge in [0.15, 0.2) is 0 Å². The van der Waals surface area contributed by atoms with Crippen LogP contribution in [0.4, 0.5) is 0 Å². The van der Waals surface area contributed by atoms with Gasteiger partial charge in [0.2, 0.25) is 0 Å². The van der Waals surface area contributed by atoms with Gasteiger partial charge in [-0.3, -0.25) is 0 Å². The third-order valence-electron chi connectivity index (χ3n) is 3.48. The lowest BCUT2D eigenvalue weighted by molar-refractivity contribution is 0.751. The lowest BCUT2D eigenvalue weighted by atomic mass is 9.92. The molecule has 0 spiro atoms. The quantitative estimate of drug-likeness (QED) is 0.697. The summed E-state index contributed by atoms with van der Waals surface area (Å²) in [6.45, 7) is 6.68. The zero-order chi connectivity index (χ0) is 13.8. The van der Waals surface area contributed by atoms with Gasteiger partial charge in [0.1, 0.15) is 5.15 Å². The number of hydrogen-bond donors (Lipinski definition) is 0. The van der Waals surface area contributed by atoms with Crippen molar-refractivity contribution in [2.24, 2.45) is 0 Å². The SMILES string of the molecule is CC(C)c1cccc(CC(C)c2ccc(Cl)nc2)c1. The fourth-order valence-electron chi connectivity index (χ4n) is 2.23. The molecule has 0 radical (unpaired) electrons. The predicted octanol–water partition coefficient (Wildman–Crippen LogP) is 5.20. The summed E-state index contributed by atoms with van der Waals surface area (Å²) in [5.74, 6) is 1.03. The molecule has 1 nitrogen and oxygen atoms in total. The van der Waals surface area contributed by atoms with Crippen molar-refractivity contribution < 1.29 is 0 Å². The number of hydrogen-bond acceptors (Lipinski definition) is 1. The van der Waals surface area contributed by atoms with Crippen LogP contribution in [0.15, 0.2) is 42.6 Å². The molecule has 0 aliphatic carbocycles. The topological polar surface area (TPSA) is 12.9 Å². The Labute approximate surface area is 120 Å². The maximum Gasteiger partial charge on any atom is 0.129 e. The molecule has 1 unspecified atom stereocenters. The lowest BCUT2D eigenvalue weighted by Gasteiger charge is -2.13. The normalized spacial score (nSPS) is 12.7. The second-order valence-electron chi connectivity index (χ2n) is 5.42. The molecule has 1 heterocycles. The Morgan fingerprint density at radius 3 is 2.47 bits per heavy atom. The van der Waals surface area contributed by atoms with E-state index in [-0.39, 0.29) is 0 Å². The molecule has 2 heteroatoms. The van der Waals surface area contributed by atoms with Crippen molar-refractivity contribution in [3.63, 3.8) is 0 Å². The highest BCUT2D eigenvalue weighted by molar-refractivity contribution is 6.29. The van der Waals surface area contributed by atoms with Gasteiger partial charge in [-0.15, -0.1) is 0 Å². The van der Waals surface area contributed by atoms with Gasteiger partial charge in [0.25, 0.3) is 0 Å². The summed E-state index contributed by atoms with van der Waals surface area (Å²) in [6.07, 6.45) is 2.91. The van der Waals surface area contributed by atoms with E-state index in [1.807, 2.05) is 12.3 Å². The molecule has 1 aromatic carbocycles. The molecule has 1 aromatic heterocycles. The number of aromatic nitrogens is 1. The van der Waals surface area contributed by atoms with Crippen LogP contribution in [0.1, 0.15) is 49.3 Å². The molecule has 0 aliphatic heterocycles. The van der Waals surface area contributed by atoms with Crippen molar-refractivity contribution in [1.29, 1.82) is 0 Å². The van der Waals surface area contributed by atoms with E-state index in [0.29, 0.717) is 17.0 Å². The second kappa shape index (κ2) is 6.21. The van der Waals surface area contributed by atoms with Gasteiger partial charge in [-0.25, -0.2) is 4.98 Å². The molecule has 19 heavy (non-hydrogen) atoms. The summed E-state index contributed by atoms with van der Waals surface area (Å²) in [7, 11) is 0. The number of benzene rings is 1. The monoisotopic (exact) mass is 273 g/mol. The molecule has 0 bridgehead atoms. The van der Waals surface area contributed by atoms with Crippen molar-refractivity contribution in [2.75, 3.05) is 0 Å². The molecule has 0 N–H and O–H groups in total. The lowest BCUT2D eigenvalue weighted by Crippen LogP contribution is -2.00. The highest BCUT2D eigenvalue weighted by Crippen LogP contribution is 2.23. The summed E-state index contributed by atoms with van der Waals surface area (Å²) in [5, 5.41) is 0.553. The zero-order valence-corrected chi connectivity index (χ0v) is 12.5. The van der Waals surface area contributed by atoms with Gasteiger partial charge in [0.05, 0.1) is 0 Å². The van der Waals surface area contributed by atoms with Crippen LogP contribution in [-0.2, 0) is 6.42 Å². The number of nitrogens with zero attached hydrogens (tertiary/aromatic N) is 1. The third-order valence-corrected chi connectivity index (χ3v) is 3.70. The van der Waals surface area contributed by atoms with Crippen molar-refractivity contribution >= 4 is 11.6 Å². The number of halogens is 1. The minimum Gasteiger partial charge on any atom is -0.244 e. The van der Waals surface area contributed by atoms with E-state index >= 15 is 0 Å². The Balaban J connectivity index is 2.12. The van der Waals surface area contributed by atoms with E-state index in [4.69, 9.17) is 11.6 Å². The van der Waals surface area contributed by atoms with Crippen LogP contribution in [0.2, 0.25) is 5.15 Å². The zero-order valence-electron chi connectivity index (χ0n) is 11.7. The van der Waals surface area contributed by atoms with Crippen LogP contribution in [0.5, 0.6) is 0 Å². The maximum absolute atomic E-state index is 5.82. The van der Waals surface area contributed by atoms with Crippen LogP contribution in [0, 0.1) is 0 Å². The van der Waals surface area contributed by atoms with Crippen molar-refractivity contribution in [1.82, 2.24) is 4.98 Å². The summed E-state index contributed by atoms with van der Waals surface area (Å²) in [6, 6.07) is 12.8. The van der Waals surface area contributed by atoms with E-state index in [0.717, 1.165) is 6.42 Å². The van der Waals surface area contributed by atoms with Gasteiger partial charge < -0.3 is 0 Å². The van der Waals surface area contributed by atoms with Gasteiger partial charge in [0, 0.05) is 6.20 Å². The van der Waals surface area contributed by atoms with E-state index in [9.17, 15) is 0 Å². The van der Waals surface area contributed by atoms with Crippen LogP contribution in [0.25, 0.3) is 0 Å². The van der Waals surface area contributed by atoms with E-state index < -0.39 is 0 Å². The molecule has 2 aromatic rings. The first-order valence-electron chi connectivity index (χ1n) is 6.76. The summed E-state index contributed by atoms with van der Waals surface area (Å²) < 4.78 is 0. The van der Waals surface area contributed by atoms with E-state index in [2.05, 4.69) is 56.1 Å². The number of rotatable bonds is 4. The third kappa shape index (κ3) is 3.81. The van der Waals surface area contributed by atoms with E-state index in [1.165, 1.54) is 16.7 Å². The van der Waals surface area contributed by atoms with Gasteiger partial charge in [-0.1, -0.05) is 62.7 Å². The molecule has 0 amide bonds. The van der Waals surface area contributed by atoms with Crippen LogP contribution in [-0.4, -0.2) is 4.98 Å². The predicted molar refractivity (Wildman–Crippen MR) is 81.9 cm³/mol. The smallest absolute Gasteiger partial charge is 0.129 e. The molecule has 1 atom stereocenters. The Morgan fingerprint density at radius 2 is 1.84 bits per heavy atom. The molecule has 2 rings (SSSR count). The van der Waals surface area contributed by atoms with Crippen LogP contribution >= 0.6 is 11.6 Å². The molecule has 0 aliphatic rings. The molecule has 0 saturated carbocycles. The molecular formula is C17H20ClN. The first kappa shape index (κ1) is 14.1. The first-order chi connectivity index (χ1) is 9.06. The Bertz CT molecular complexity index is 531. The highest BCUT2D eigenvalue weighted by atomic mass is 35.5. The second-order valence-corrected chi connectivity index (χ2v) is 5.81. The standard InChI is InChI=1S/C17H20ClN/c1-12(2)15-6-4-5-14(10-15)9-13(3)16-7-8-17(18)19-11-16/h4-8,10-13H,9H2,1-3H3. The summed E-state index contributed by atoms with van der Waals surface area (Å²) in [4.78, 5) is 4.15. The minimum atomic E-state index is 0.451. The van der Waals surface area contributed by atoms with E-state index in [1.54, 1.807) is 0 Å². The Morgan fingerprint density at radius 1 is 1.05 bits per heavy atom. The Hall–Kier alpha value is -1.34. The largest absolute Gasteiger partial charge is 0.244 e. The van der Waals surface area contributed by atoms with Gasteiger partial charge in [-0.05, 0) is 41.0 Å². The van der Waals surface area contributed by atoms with Crippen LogP contribution in [0.3, 0.4) is 0 Å². The first-order valence-corrected chi connectivity index (χ1v) is 7.14. The van der Waals surface area contributed by atoms with Crippen molar-refractivity contribution in [3.8, 4) is 0 Å². The van der Waals surface area contributed by atoms with Gasteiger partial charge >= 0.3 is 0 Å².